The third-order valence-corrected chi connectivity index (χ3v) is 2.90. The molecule has 0 saturated carbocycles. The minimum Gasteiger partial charge on any atom is -0.444 e. The van der Waals surface area contributed by atoms with E-state index < -0.39 is 5.60 Å². The summed E-state index contributed by atoms with van der Waals surface area (Å²) >= 11 is 0. The Labute approximate surface area is 108 Å². The molecule has 0 spiro atoms. The summed E-state index contributed by atoms with van der Waals surface area (Å²) in [6, 6.07) is -0.105. The molecule has 2 amide bonds. The number of carbonyl (C=O) groups excluding carboxylic acids is 2. The Morgan fingerprint density at radius 3 is 2.56 bits per heavy atom. The number of hydrogen-bond donors (Lipinski definition) is 1. The summed E-state index contributed by atoms with van der Waals surface area (Å²) in [5.74, 6) is -0.210. The monoisotopic (exact) mass is 254 g/mol. The maximum Gasteiger partial charge on any atom is 0.410 e. The van der Waals surface area contributed by atoms with Crippen LogP contribution in [0.5, 0.6) is 0 Å². The van der Waals surface area contributed by atoms with Crippen molar-refractivity contribution in [3.05, 3.63) is 12.7 Å². The number of ether oxygens (including phenoxy) is 1. The second-order valence-corrected chi connectivity index (χ2v) is 5.52. The zero-order valence-corrected chi connectivity index (χ0v) is 11.5. The molecule has 102 valence electrons. The summed E-state index contributed by atoms with van der Waals surface area (Å²) in [6.07, 6.45) is 1.65. The highest BCUT2D eigenvalue weighted by Gasteiger charge is 2.36. The van der Waals surface area contributed by atoms with Crippen LogP contribution < -0.4 is 5.32 Å². The van der Waals surface area contributed by atoms with E-state index in [-0.39, 0.29) is 24.1 Å². The van der Waals surface area contributed by atoms with Gasteiger partial charge in [0.2, 0.25) is 5.91 Å². The van der Waals surface area contributed by atoms with Crippen molar-refractivity contribution in [2.24, 2.45) is 0 Å². The van der Waals surface area contributed by atoms with E-state index in [1.54, 1.807) is 4.90 Å². The fraction of sp³-hybridized carbons (Fsp3) is 0.692. The molecule has 0 bridgehead atoms. The molecular formula is C13H22N2O3. The molecular weight excluding hydrogens is 232 g/mol. The highest BCUT2D eigenvalue weighted by Crippen LogP contribution is 2.21. The molecule has 18 heavy (non-hydrogen) atoms. The first kappa shape index (κ1) is 14.5. The van der Waals surface area contributed by atoms with Crippen molar-refractivity contribution in [1.29, 1.82) is 0 Å². The first-order valence-corrected chi connectivity index (χ1v) is 6.17. The predicted molar refractivity (Wildman–Crippen MR) is 69.1 cm³/mol. The number of carbonyl (C=O) groups is 2. The topological polar surface area (TPSA) is 58.6 Å². The molecule has 0 radical (unpaired) electrons. The predicted octanol–water partition coefficient (Wildman–Crippen LogP) is 1.69. The Balaban J connectivity index is 2.58. The summed E-state index contributed by atoms with van der Waals surface area (Å²) in [6.45, 7) is 11.4. The van der Waals surface area contributed by atoms with Gasteiger partial charge in [0.05, 0.1) is 12.1 Å². The van der Waals surface area contributed by atoms with Crippen molar-refractivity contribution >= 4 is 12.0 Å². The first-order valence-electron chi connectivity index (χ1n) is 6.17. The molecule has 1 rings (SSSR count). The molecule has 0 aromatic rings. The lowest BCUT2D eigenvalue weighted by atomic mass is 10.1. The van der Waals surface area contributed by atoms with Crippen LogP contribution in [0.2, 0.25) is 0 Å². The maximum absolute atomic E-state index is 11.9. The second kappa shape index (κ2) is 5.42. The van der Waals surface area contributed by atoms with Crippen molar-refractivity contribution in [2.45, 2.75) is 51.8 Å². The Morgan fingerprint density at radius 2 is 2.06 bits per heavy atom. The van der Waals surface area contributed by atoms with Crippen molar-refractivity contribution in [1.82, 2.24) is 10.2 Å². The van der Waals surface area contributed by atoms with E-state index in [4.69, 9.17) is 4.74 Å². The van der Waals surface area contributed by atoms with Crippen LogP contribution in [0.4, 0.5) is 4.79 Å². The molecule has 0 unspecified atom stereocenters. The Kier molecular flexibility index (Phi) is 4.38. The van der Waals surface area contributed by atoms with Crippen LogP contribution in [0.15, 0.2) is 12.7 Å². The SMILES string of the molecule is C=CC(=O)N[C@H]1CCN(C(=O)OC(C)(C)C)[C@@H]1C. The fourth-order valence-electron chi connectivity index (χ4n) is 1.95. The van der Waals surface area contributed by atoms with Crippen LogP contribution >= 0.6 is 0 Å². The van der Waals surface area contributed by atoms with Crippen molar-refractivity contribution in [3.63, 3.8) is 0 Å². The number of nitrogens with one attached hydrogen (secondary N) is 1. The molecule has 2 atom stereocenters. The molecule has 1 aliphatic rings. The zero-order chi connectivity index (χ0) is 13.9. The van der Waals surface area contributed by atoms with E-state index in [1.165, 1.54) is 6.08 Å². The van der Waals surface area contributed by atoms with Crippen molar-refractivity contribution in [2.75, 3.05) is 6.54 Å². The molecule has 0 aliphatic carbocycles. The van der Waals surface area contributed by atoms with Gasteiger partial charge in [-0.25, -0.2) is 4.79 Å². The van der Waals surface area contributed by atoms with Gasteiger partial charge in [-0.2, -0.15) is 0 Å². The molecule has 0 aromatic heterocycles. The van der Waals surface area contributed by atoms with E-state index in [9.17, 15) is 9.59 Å². The van der Waals surface area contributed by atoms with Gasteiger partial charge in [-0.1, -0.05) is 6.58 Å². The summed E-state index contributed by atoms with van der Waals surface area (Å²) < 4.78 is 5.33. The van der Waals surface area contributed by atoms with Gasteiger partial charge in [0.25, 0.3) is 0 Å². The van der Waals surface area contributed by atoms with E-state index in [0.29, 0.717) is 6.54 Å². The van der Waals surface area contributed by atoms with E-state index >= 15 is 0 Å². The minimum absolute atomic E-state index is 0.0389. The summed E-state index contributed by atoms with van der Waals surface area (Å²) in [5.41, 5.74) is -0.501. The largest absolute Gasteiger partial charge is 0.444 e. The molecule has 1 heterocycles. The fourth-order valence-corrected chi connectivity index (χ4v) is 1.95. The molecule has 5 heteroatoms. The Bertz CT molecular complexity index is 347. The molecule has 5 nitrogen and oxygen atoms in total. The Morgan fingerprint density at radius 1 is 1.44 bits per heavy atom. The Hall–Kier alpha value is -1.52. The number of nitrogens with zero attached hydrogens (tertiary/aromatic N) is 1. The van der Waals surface area contributed by atoms with Crippen LogP contribution in [-0.2, 0) is 9.53 Å². The lowest BCUT2D eigenvalue weighted by Crippen LogP contribution is -2.46. The lowest BCUT2D eigenvalue weighted by molar-refractivity contribution is -0.117. The van der Waals surface area contributed by atoms with Crippen molar-refractivity contribution in [3.8, 4) is 0 Å². The van der Waals surface area contributed by atoms with Crippen LogP contribution in [0.25, 0.3) is 0 Å². The quantitative estimate of drug-likeness (QED) is 0.763. The lowest BCUT2D eigenvalue weighted by Gasteiger charge is -2.28. The zero-order valence-electron chi connectivity index (χ0n) is 11.5. The van der Waals surface area contributed by atoms with Crippen LogP contribution in [0.1, 0.15) is 34.1 Å². The average Bonchev–Trinajstić information content (AvgIpc) is 2.58. The van der Waals surface area contributed by atoms with Gasteiger partial charge >= 0.3 is 6.09 Å². The van der Waals surface area contributed by atoms with Gasteiger partial charge in [0.1, 0.15) is 5.60 Å². The number of amides is 2. The standard InChI is InChI=1S/C13H22N2O3/c1-6-11(16)14-10-7-8-15(9(10)2)12(17)18-13(3,4)5/h6,9-10H,1,7-8H2,2-5H3,(H,14,16)/t9-,10+/m1/s1. The highest BCUT2D eigenvalue weighted by molar-refractivity contribution is 5.87. The third kappa shape index (κ3) is 3.75. The van der Waals surface area contributed by atoms with E-state index in [0.717, 1.165) is 6.42 Å². The molecule has 1 aliphatic heterocycles. The number of hydrogen-bond acceptors (Lipinski definition) is 3. The number of rotatable bonds is 2. The van der Waals surface area contributed by atoms with E-state index in [1.807, 2.05) is 27.7 Å². The normalized spacial score (nSPS) is 23.7. The summed E-state index contributed by atoms with van der Waals surface area (Å²) in [5, 5.41) is 2.82. The van der Waals surface area contributed by atoms with Gasteiger partial charge in [-0.05, 0) is 40.2 Å². The van der Waals surface area contributed by atoms with Gasteiger partial charge in [0, 0.05) is 6.54 Å². The molecule has 0 aromatic carbocycles. The first-order chi connectivity index (χ1) is 8.24. The van der Waals surface area contributed by atoms with Crippen LogP contribution in [0, 0.1) is 0 Å². The van der Waals surface area contributed by atoms with Crippen LogP contribution in [0.3, 0.4) is 0 Å². The minimum atomic E-state index is -0.501. The van der Waals surface area contributed by atoms with Crippen LogP contribution in [-0.4, -0.2) is 41.1 Å². The maximum atomic E-state index is 11.9. The average molecular weight is 254 g/mol. The molecule has 1 fully saturated rings. The summed E-state index contributed by atoms with van der Waals surface area (Å²) in [7, 11) is 0. The smallest absolute Gasteiger partial charge is 0.410 e. The molecule has 1 saturated heterocycles. The molecule has 1 N–H and O–H groups in total. The van der Waals surface area contributed by atoms with Gasteiger partial charge < -0.3 is 15.0 Å². The van der Waals surface area contributed by atoms with E-state index in [2.05, 4.69) is 11.9 Å². The summed E-state index contributed by atoms with van der Waals surface area (Å²) in [4.78, 5) is 24.8. The highest BCUT2D eigenvalue weighted by atomic mass is 16.6. The van der Waals surface area contributed by atoms with Gasteiger partial charge in [0.15, 0.2) is 0 Å². The third-order valence-electron chi connectivity index (χ3n) is 2.90. The van der Waals surface area contributed by atoms with Gasteiger partial charge in [-0.3, -0.25) is 4.79 Å². The number of likely N-dealkylation sites (tertiary alicyclic amines) is 1. The van der Waals surface area contributed by atoms with Crippen molar-refractivity contribution < 1.29 is 14.3 Å². The van der Waals surface area contributed by atoms with Gasteiger partial charge in [-0.15, -0.1) is 0 Å². The second-order valence-electron chi connectivity index (χ2n) is 5.52.